The third-order valence-corrected chi connectivity index (χ3v) is 5.71. The van der Waals surface area contributed by atoms with Crippen LogP contribution in [0.1, 0.15) is 58.0 Å². The van der Waals surface area contributed by atoms with Crippen LogP contribution in [0.3, 0.4) is 0 Å². The Balaban J connectivity index is 1.94. The molecule has 0 N–H and O–H groups in total. The molecule has 2 aromatic carbocycles. The molecule has 26 heavy (non-hydrogen) atoms. The third kappa shape index (κ3) is 2.41. The molecule has 0 saturated heterocycles. The molecule has 1 aromatic heterocycles. The summed E-state index contributed by atoms with van der Waals surface area (Å²) in [6.45, 7) is 11.3. The molecule has 0 fully saturated rings. The molecule has 134 valence electrons. The van der Waals surface area contributed by atoms with Crippen molar-refractivity contribution in [2.45, 2.75) is 59.0 Å². The minimum atomic E-state index is -0.0752. The second kappa shape index (κ2) is 6.08. The van der Waals surface area contributed by atoms with Crippen LogP contribution in [0.15, 0.2) is 48.5 Å². The van der Waals surface area contributed by atoms with Crippen LogP contribution in [-0.2, 0) is 5.54 Å². The minimum absolute atomic E-state index is 0.0752. The summed E-state index contributed by atoms with van der Waals surface area (Å²) in [5.74, 6) is 2.34. The van der Waals surface area contributed by atoms with Crippen LogP contribution in [0.5, 0.6) is 0 Å². The van der Waals surface area contributed by atoms with E-state index in [1.807, 2.05) is 0 Å². The highest BCUT2D eigenvalue weighted by Crippen LogP contribution is 2.41. The summed E-state index contributed by atoms with van der Waals surface area (Å²) >= 11 is 0. The van der Waals surface area contributed by atoms with Gasteiger partial charge >= 0.3 is 0 Å². The maximum Gasteiger partial charge on any atom is 0.275 e. The first-order chi connectivity index (χ1) is 12.4. The van der Waals surface area contributed by atoms with Crippen molar-refractivity contribution in [3.8, 4) is 22.5 Å². The quantitative estimate of drug-likeness (QED) is 0.590. The van der Waals surface area contributed by atoms with E-state index >= 15 is 0 Å². The average Bonchev–Trinajstić information content (AvgIpc) is 3.10. The monoisotopic (exact) mass is 346 g/mol. The van der Waals surface area contributed by atoms with E-state index in [0.29, 0.717) is 6.04 Å². The van der Waals surface area contributed by atoms with Crippen LogP contribution in [0.25, 0.3) is 22.5 Å². The Kier molecular flexibility index (Phi) is 3.98. The van der Waals surface area contributed by atoms with E-state index in [0.717, 1.165) is 12.2 Å². The Bertz CT molecular complexity index is 951. The molecule has 0 spiro atoms. The Morgan fingerprint density at radius 2 is 1.81 bits per heavy atom. The van der Waals surface area contributed by atoms with Crippen LogP contribution < -0.4 is 4.57 Å². The van der Waals surface area contributed by atoms with Gasteiger partial charge in [-0.1, -0.05) is 55.8 Å². The Morgan fingerprint density at radius 1 is 1.08 bits per heavy atom. The van der Waals surface area contributed by atoms with Gasteiger partial charge in [0.05, 0.1) is 5.56 Å². The van der Waals surface area contributed by atoms with Crippen molar-refractivity contribution in [3.05, 3.63) is 59.9 Å². The first kappa shape index (κ1) is 17.0. The zero-order valence-electron chi connectivity index (χ0n) is 16.5. The van der Waals surface area contributed by atoms with Crippen molar-refractivity contribution in [1.29, 1.82) is 0 Å². The second-order valence-electron chi connectivity index (χ2n) is 7.97. The molecule has 2 heterocycles. The van der Waals surface area contributed by atoms with Crippen LogP contribution in [0.2, 0.25) is 0 Å². The van der Waals surface area contributed by atoms with Crippen LogP contribution in [0.4, 0.5) is 0 Å². The lowest BCUT2D eigenvalue weighted by atomic mass is 9.91. The van der Waals surface area contributed by atoms with E-state index in [1.54, 1.807) is 0 Å². The molecule has 1 unspecified atom stereocenters. The number of hydrogen-bond acceptors (Lipinski definition) is 1. The van der Waals surface area contributed by atoms with Crippen molar-refractivity contribution in [2.75, 3.05) is 0 Å². The largest absolute Gasteiger partial charge is 0.275 e. The molecule has 4 rings (SSSR count). The molecule has 3 nitrogen and oxygen atoms in total. The third-order valence-electron chi connectivity index (χ3n) is 5.71. The highest BCUT2D eigenvalue weighted by Gasteiger charge is 2.46. The molecule has 0 amide bonds. The van der Waals surface area contributed by atoms with E-state index in [1.165, 1.54) is 34.5 Å². The zero-order valence-corrected chi connectivity index (χ0v) is 16.5. The highest BCUT2D eigenvalue weighted by atomic mass is 15.4. The van der Waals surface area contributed by atoms with Gasteiger partial charge < -0.3 is 0 Å². The molecule has 0 aliphatic carbocycles. The van der Waals surface area contributed by atoms with Crippen molar-refractivity contribution >= 4 is 0 Å². The van der Waals surface area contributed by atoms with Crippen molar-refractivity contribution in [3.63, 3.8) is 0 Å². The Hall–Kier alpha value is -2.42. The molecule has 3 aromatic rings. The maximum absolute atomic E-state index is 4.93. The van der Waals surface area contributed by atoms with Gasteiger partial charge in [0.15, 0.2) is 0 Å². The molecule has 3 heteroatoms. The summed E-state index contributed by atoms with van der Waals surface area (Å²) in [6.07, 6.45) is 2.31. The van der Waals surface area contributed by atoms with Gasteiger partial charge in [0.1, 0.15) is 11.6 Å². The van der Waals surface area contributed by atoms with Gasteiger partial charge in [-0.25, -0.2) is 4.57 Å². The first-order valence-corrected chi connectivity index (χ1v) is 9.67. The smallest absolute Gasteiger partial charge is 0.219 e. The van der Waals surface area contributed by atoms with E-state index in [9.17, 15) is 0 Å². The second-order valence-corrected chi connectivity index (χ2v) is 7.97. The van der Waals surface area contributed by atoms with Gasteiger partial charge in [0.25, 0.3) is 11.6 Å². The normalized spacial score (nSPS) is 15.6. The lowest BCUT2D eigenvalue weighted by Crippen LogP contribution is -2.51. The van der Waals surface area contributed by atoms with Crippen molar-refractivity contribution in [1.82, 2.24) is 9.78 Å². The number of benzene rings is 2. The topological polar surface area (TPSA) is 21.7 Å². The fourth-order valence-electron chi connectivity index (χ4n) is 4.46. The lowest BCUT2D eigenvalue weighted by Gasteiger charge is -2.19. The number of hydrogen-bond donors (Lipinski definition) is 0. The zero-order chi connectivity index (χ0) is 18.5. The minimum Gasteiger partial charge on any atom is -0.219 e. The van der Waals surface area contributed by atoms with Crippen molar-refractivity contribution < 1.29 is 4.57 Å². The van der Waals surface area contributed by atoms with Crippen LogP contribution in [0, 0.1) is 6.92 Å². The molecule has 0 saturated carbocycles. The molecule has 0 bridgehead atoms. The van der Waals surface area contributed by atoms with Gasteiger partial charge in [-0.3, -0.25) is 0 Å². The summed E-state index contributed by atoms with van der Waals surface area (Å²) in [6, 6.07) is 17.9. The molecular formula is C23H28N3+. The molecule has 1 atom stereocenters. The number of nitrogens with zero attached hydrogens (tertiary/aromatic N) is 3. The van der Waals surface area contributed by atoms with E-state index < -0.39 is 0 Å². The molecule has 0 radical (unpaired) electrons. The number of aromatic nitrogens is 3. The first-order valence-electron chi connectivity index (χ1n) is 9.67. The van der Waals surface area contributed by atoms with Gasteiger partial charge in [-0.2, -0.15) is 0 Å². The molecular weight excluding hydrogens is 318 g/mol. The fourth-order valence-corrected chi connectivity index (χ4v) is 4.46. The highest BCUT2D eigenvalue weighted by molar-refractivity contribution is 5.73. The standard InChI is InChI=1S/C23H28N3/c1-6-10-16(2)26-22-20-15-19(18-11-8-7-9-12-18)13-14-21(20)23(4,5)25(22)17(3)24-26/h7-9,11-16H,6,10H2,1-5H3/q+1. The molecule has 1 aliphatic rings. The average molecular weight is 346 g/mol. The summed E-state index contributed by atoms with van der Waals surface area (Å²) in [5, 5.41) is 4.93. The summed E-state index contributed by atoms with van der Waals surface area (Å²) in [5.41, 5.74) is 5.15. The molecule has 1 aliphatic heterocycles. The van der Waals surface area contributed by atoms with Gasteiger partial charge in [0, 0.05) is 17.6 Å². The Labute approximate surface area is 156 Å². The van der Waals surface area contributed by atoms with E-state index in [-0.39, 0.29) is 5.54 Å². The summed E-state index contributed by atoms with van der Waals surface area (Å²) in [4.78, 5) is 0. The van der Waals surface area contributed by atoms with E-state index in [4.69, 9.17) is 5.10 Å². The van der Waals surface area contributed by atoms with Gasteiger partial charge in [-0.05, 0) is 44.4 Å². The van der Waals surface area contributed by atoms with Crippen LogP contribution >= 0.6 is 0 Å². The lowest BCUT2D eigenvalue weighted by molar-refractivity contribution is -0.737. The van der Waals surface area contributed by atoms with Gasteiger partial charge in [0.2, 0.25) is 0 Å². The Morgan fingerprint density at radius 3 is 2.50 bits per heavy atom. The predicted octanol–water partition coefficient (Wildman–Crippen LogP) is 5.27. The number of aryl methyl sites for hydroxylation is 1. The maximum atomic E-state index is 4.93. The number of fused-ring (bicyclic) bond motifs is 3. The van der Waals surface area contributed by atoms with E-state index in [2.05, 4.69) is 92.4 Å². The fraction of sp³-hybridized carbons (Fsp3) is 0.391. The van der Waals surface area contributed by atoms with Gasteiger partial charge in [-0.15, -0.1) is 4.68 Å². The summed E-state index contributed by atoms with van der Waals surface area (Å²) in [7, 11) is 0. The van der Waals surface area contributed by atoms with Crippen LogP contribution in [-0.4, -0.2) is 9.78 Å². The summed E-state index contributed by atoms with van der Waals surface area (Å²) < 4.78 is 4.67. The number of rotatable bonds is 4. The van der Waals surface area contributed by atoms with Crippen molar-refractivity contribution in [2.24, 2.45) is 0 Å². The predicted molar refractivity (Wildman–Crippen MR) is 106 cm³/mol. The SMILES string of the molecule is CCCC(C)n1nc(C)[n+]2c1-c1cc(-c3ccccc3)ccc1C2(C)C.